The van der Waals surface area contributed by atoms with E-state index in [0.29, 0.717) is 18.0 Å². The topological polar surface area (TPSA) is 87.4 Å². The quantitative estimate of drug-likeness (QED) is 0.449. The van der Waals surface area contributed by atoms with E-state index in [-0.39, 0.29) is 5.75 Å². The minimum atomic E-state index is 0.234. The van der Waals surface area contributed by atoms with E-state index in [1.54, 1.807) is 18.3 Å². The number of anilines is 2. The van der Waals surface area contributed by atoms with E-state index >= 15 is 0 Å². The molecule has 2 aliphatic rings. The van der Waals surface area contributed by atoms with Crippen molar-refractivity contribution < 1.29 is 5.11 Å². The first-order chi connectivity index (χ1) is 14.7. The Labute approximate surface area is 173 Å². The third-order valence-corrected chi connectivity index (χ3v) is 5.55. The lowest BCUT2D eigenvalue weighted by molar-refractivity contribution is 0.475. The summed E-state index contributed by atoms with van der Waals surface area (Å²) >= 11 is 0. The number of aromatic nitrogens is 4. The number of phenols is 1. The number of pyridine rings is 1. The maximum absolute atomic E-state index is 9.74. The van der Waals surface area contributed by atoms with Crippen molar-refractivity contribution in [2.45, 2.75) is 37.8 Å². The Morgan fingerprint density at radius 1 is 0.900 bits per heavy atom. The lowest BCUT2D eigenvalue weighted by Gasteiger charge is -2.08. The van der Waals surface area contributed by atoms with E-state index in [9.17, 15) is 5.11 Å². The summed E-state index contributed by atoms with van der Waals surface area (Å²) < 4.78 is 1.96. The van der Waals surface area contributed by atoms with Gasteiger partial charge in [-0.1, -0.05) is 6.07 Å². The summed E-state index contributed by atoms with van der Waals surface area (Å²) in [6.07, 6.45) is 6.51. The first-order valence-corrected chi connectivity index (χ1v) is 10.4. The lowest BCUT2D eigenvalue weighted by atomic mass is 10.0. The molecular formula is C23H22N6O. The fraction of sp³-hybridized carbons (Fsp3) is 0.261. The molecule has 0 bridgehead atoms. The maximum atomic E-state index is 9.74. The van der Waals surface area contributed by atoms with Gasteiger partial charge in [0.25, 0.3) is 0 Å². The predicted octanol–water partition coefficient (Wildman–Crippen LogP) is 4.31. The summed E-state index contributed by atoms with van der Waals surface area (Å²) in [4.78, 5) is 9.20. The normalized spacial score (nSPS) is 16.0. The van der Waals surface area contributed by atoms with Crippen LogP contribution in [0.1, 0.15) is 25.7 Å². The Hall–Kier alpha value is -3.61. The number of nitrogens with one attached hydrogen (secondary N) is 2. The first-order valence-electron chi connectivity index (χ1n) is 10.4. The molecule has 7 heteroatoms. The fourth-order valence-electron chi connectivity index (χ4n) is 3.67. The molecule has 0 amide bonds. The lowest BCUT2D eigenvalue weighted by Crippen LogP contribution is -2.06. The number of nitrogens with zero attached hydrogens (tertiary/aromatic N) is 4. The van der Waals surface area contributed by atoms with Gasteiger partial charge in [-0.15, -0.1) is 0 Å². The van der Waals surface area contributed by atoms with Crippen LogP contribution in [0.25, 0.3) is 28.0 Å². The summed E-state index contributed by atoms with van der Waals surface area (Å²) in [5.41, 5.74) is 4.53. The molecule has 3 N–H and O–H groups in total. The molecule has 0 saturated heterocycles. The monoisotopic (exact) mass is 398 g/mol. The van der Waals surface area contributed by atoms with Gasteiger partial charge in [0.1, 0.15) is 17.3 Å². The molecule has 7 nitrogen and oxygen atoms in total. The molecule has 0 atom stereocenters. The Kier molecular flexibility index (Phi) is 3.87. The molecule has 4 aromatic rings. The summed E-state index contributed by atoms with van der Waals surface area (Å²) in [6, 6.07) is 16.3. The van der Waals surface area contributed by atoms with Gasteiger partial charge < -0.3 is 15.7 Å². The number of rotatable bonds is 6. The fourth-order valence-corrected chi connectivity index (χ4v) is 3.67. The molecule has 6 rings (SSSR count). The van der Waals surface area contributed by atoms with E-state index < -0.39 is 0 Å². The second kappa shape index (κ2) is 6.73. The molecule has 2 saturated carbocycles. The van der Waals surface area contributed by atoms with Crippen LogP contribution in [0.5, 0.6) is 5.75 Å². The van der Waals surface area contributed by atoms with Crippen LogP contribution >= 0.6 is 0 Å². The van der Waals surface area contributed by atoms with Crippen molar-refractivity contribution in [2.24, 2.45) is 0 Å². The molecule has 0 radical (unpaired) electrons. The second-order valence-corrected chi connectivity index (χ2v) is 8.08. The van der Waals surface area contributed by atoms with Crippen LogP contribution in [0.3, 0.4) is 0 Å². The molecule has 1 aromatic carbocycles. The average molecular weight is 398 g/mol. The van der Waals surface area contributed by atoms with E-state index in [1.165, 1.54) is 25.7 Å². The zero-order valence-electron chi connectivity index (χ0n) is 16.4. The highest BCUT2D eigenvalue weighted by Gasteiger charge is 2.25. The van der Waals surface area contributed by atoms with Crippen molar-refractivity contribution in [1.29, 1.82) is 0 Å². The molecule has 0 unspecified atom stereocenters. The van der Waals surface area contributed by atoms with Crippen molar-refractivity contribution in [3.05, 3.63) is 54.7 Å². The number of hydrogen-bond donors (Lipinski definition) is 3. The van der Waals surface area contributed by atoms with Gasteiger partial charge in [-0.25, -0.2) is 14.5 Å². The van der Waals surface area contributed by atoms with Crippen LogP contribution in [0.15, 0.2) is 54.7 Å². The highest BCUT2D eigenvalue weighted by molar-refractivity contribution is 5.91. The largest absolute Gasteiger partial charge is 0.508 e. The molecule has 30 heavy (non-hydrogen) atoms. The van der Waals surface area contributed by atoms with E-state index in [0.717, 1.165) is 33.8 Å². The summed E-state index contributed by atoms with van der Waals surface area (Å²) in [5.74, 6) is 1.86. The van der Waals surface area contributed by atoms with Crippen LogP contribution in [0.4, 0.5) is 11.8 Å². The SMILES string of the molecule is Oc1ccc(-c2nn3c(NC4CC4)cccc3c2-c2ccnc(NC3CC3)n2)cc1. The van der Waals surface area contributed by atoms with E-state index in [1.807, 2.05) is 22.7 Å². The van der Waals surface area contributed by atoms with Crippen LogP contribution in [0.2, 0.25) is 0 Å². The molecule has 2 aliphatic carbocycles. The van der Waals surface area contributed by atoms with Crippen molar-refractivity contribution in [3.63, 3.8) is 0 Å². The van der Waals surface area contributed by atoms with Gasteiger partial charge >= 0.3 is 0 Å². The number of phenolic OH excluding ortho intramolecular Hbond substituents is 1. The minimum Gasteiger partial charge on any atom is -0.508 e. The van der Waals surface area contributed by atoms with Crippen LogP contribution in [-0.4, -0.2) is 36.8 Å². The highest BCUT2D eigenvalue weighted by Crippen LogP contribution is 2.37. The summed E-state index contributed by atoms with van der Waals surface area (Å²) in [6.45, 7) is 0. The number of fused-ring (bicyclic) bond motifs is 1. The maximum Gasteiger partial charge on any atom is 0.223 e. The number of aromatic hydroxyl groups is 1. The zero-order valence-corrected chi connectivity index (χ0v) is 16.4. The molecular weight excluding hydrogens is 376 g/mol. The van der Waals surface area contributed by atoms with Crippen LogP contribution < -0.4 is 10.6 Å². The molecule has 0 aliphatic heterocycles. The van der Waals surface area contributed by atoms with E-state index in [4.69, 9.17) is 10.1 Å². The third kappa shape index (κ3) is 3.22. The molecule has 3 heterocycles. The van der Waals surface area contributed by atoms with Gasteiger partial charge in [0.15, 0.2) is 0 Å². The van der Waals surface area contributed by atoms with Gasteiger partial charge in [0, 0.05) is 23.8 Å². The Balaban J connectivity index is 1.54. The molecule has 150 valence electrons. The molecule has 2 fully saturated rings. The summed E-state index contributed by atoms with van der Waals surface area (Å²) in [7, 11) is 0. The Bertz CT molecular complexity index is 1220. The number of benzene rings is 1. The average Bonchev–Trinajstić information content (AvgIpc) is 3.69. The third-order valence-electron chi connectivity index (χ3n) is 5.55. The standard InChI is InChI=1S/C23H22N6O/c30-17-10-4-14(5-11-17)22-21(18-12-13-24-23(27-18)26-16-8-9-16)19-2-1-3-20(29(19)28-22)25-15-6-7-15/h1-5,10-13,15-16,25,30H,6-9H2,(H,24,26,27). The molecule has 3 aromatic heterocycles. The van der Waals surface area contributed by atoms with Crippen LogP contribution in [-0.2, 0) is 0 Å². The molecule has 0 spiro atoms. The van der Waals surface area contributed by atoms with Gasteiger partial charge in [0.2, 0.25) is 5.95 Å². The zero-order chi connectivity index (χ0) is 20.1. The minimum absolute atomic E-state index is 0.234. The van der Waals surface area contributed by atoms with Gasteiger partial charge in [-0.3, -0.25) is 0 Å². The predicted molar refractivity (Wildman–Crippen MR) is 117 cm³/mol. The van der Waals surface area contributed by atoms with Crippen LogP contribution in [0, 0.1) is 0 Å². The number of hydrogen-bond acceptors (Lipinski definition) is 6. The van der Waals surface area contributed by atoms with E-state index in [2.05, 4.69) is 33.8 Å². The Morgan fingerprint density at radius 3 is 2.43 bits per heavy atom. The Morgan fingerprint density at radius 2 is 1.67 bits per heavy atom. The van der Waals surface area contributed by atoms with Crippen molar-refractivity contribution in [1.82, 2.24) is 19.6 Å². The smallest absolute Gasteiger partial charge is 0.223 e. The van der Waals surface area contributed by atoms with Crippen molar-refractivity contribution in [3.8, 4) is 28.3 Å². The van der Waals surface area contributed by atoms with Crippen molar-refractivity contribution >= 4 is 17.3 Å². The first kappa shape index (κ1) is 17.3. The second-order valence-electron chi connectivity index (χ2n) is 8.08. The van der Waals surface area contributed by atoms with Gasteiger partial charge in [0.05, 0.1) is 16.8 Å². The summed E-state index contributed by atoms with van der Waals surface area (Å²) in [5, 5.41) is 21.7. The van der Waals surface area contributed by atoms with Gasteiger partial charge in [-0.05, 0) is 68.1 Å². The highest BCUT2D eigenvalue weighted by atomic mass is 16.3. The van der Waals surface area contributed by atoms with Gasteiger partial charge in [-0.2, -0.15) is 5.10 Å². The van der Waals surface area contributed by atoms with Crippen molar-refractivity contribution in [2.75, 3.05) is 10.6 Å².